The lowest BCUT2D eigenvalue weighted by atomic mass is 10.1. The van der Waals surface area contributed by atoms with Crippen LogP contribution in [0.3, 0.4) is 0 Å². The predicted molar refractivity (Wildman–Crippen MR) is 68.0 cm³/mol. The first-order valence-electron chi connectivity index (χ1n) is 5.39. The van der Waals surface area contributed by atoms with Crippen LogP contribution < -0.4 is 5.73 Å². The van der Waals surface area contributed by atoms with Gasteiger partial charge in [-0.1, -0.05) is 29.8 Å². The molecule has 92 valence electrons. The topological polar surface area (TPSA) is 78.1 Å². The van der Waals surface area contributed by atoms with Crippen molar-refractivity contribution >= 4 is 11.9 Å². The second-order valence-corrected chi connectivity index (χ2v) is 3.85. The van der Waals surface area contributed by atoms with Gasteiger partial charge in [0.2, 0.25) is 5.95 Å². The van der Waals surface area contributed by atoms with Gasteiger partial charge in [-0.25, -0.2) is 14.8 Å². The van der Waals surface area contributed by atoms with Crippen LogP contribution in [0, 0.1) is 6.92 Å². The molecule has 0 aliphatic heterocycles. The third-order valence-electron chi connectivity index (χ3n) is 2.54. The third-order valence-corrected chi connectivity index (χ3v) is 2.54. The van der Waals surface area contributed by atoms with E-state index in [1.54, 1.807) is 0 Å². The van der Waals surface area contributed by atoms with E-state index in [-0.39, 0.29) is 5.95 Å². The standard InChI is InChI=1S/C13H13N3O2/c1-8-3-5-9(6-4-8)11-10(12(17)18-2)7-15-13(14)16-11/h3-7H,1-2H3,(H2,14,15,16). The van der Waals surface area contributed by atoms with Gasteiger partial charge in [-0.3, -0.25) is 0 Å². The molecule has 5 nitrogen and oxygen atoms in total. The summed E-state index contributed by atoms with van der Waals surface area (Å²) < 4.78 is 4.70. The van der Waals surface area contributed by atoms with E-state index >= 15 is 0 Å². The highest BCUT2D eigenvalue weighted by molar-refractivity contribution is 5.95. The Morgan fingerprint density at radius 2 is 1.94 bits per heavy atom. The highest BCUT2D eigenvalue weighted by atomic mass is 16.5. The highest BCUT2D eigenvalue weighted by Gasteiger charge is 2.15. The molecule has 1 aromatic heterocycles. The van der Waals surface area contributed by atoms with Crippen LogP contribution in [0.15, 0.2) is 30.5 Å². The number of anilines is 1. The van der Waals surface area contributed by atoms with Gasteiger partial charge in [0.05, 0.1) is 12.8 Å². The van der Waals surface area contributed by atoms with Gasteiger partial charge in [0.1, 0.15) is 5.56 Å². The Hall–Kier alpha value is -2.43. The zero-order valence-corrected chi connectivity index (χ0v) is 10.2. The van der Waals surface area contributed by atoms with Crippen LogP contribution in [-0.2, 0) is 4.74 Å². The lowest BCUT2D eigenvalue weighted by Crippen LogP contribution is -2.08. The Morgan fingerprint density at radius 1 is 1.28 bits per heavy atom. The van der Waals surface area contributed by atoms with Gasteiger partial charge in [-0.2, -0.15) is 0 Å². The van der Waals surface area contributed by atoms with Gasteiger partial charge in [0.15, 0.2) is 0 Å². The molecule has 0 unspecified atom stereocenters. The Balaban J connectivity index is 2.57. The molecule has 2 aromatic rings. The van der Waals surface area contributed by atoms with Crippen molar-refractivity contribution in [1.82, 2.24) is 9.97 Å². The maximum Gasteiger partial charge on any atom is 0.341 e. The fraction of sp³-hybridized carbons (Fsp3) is 0.154. The molecule has 0 bridgehead atoms. The van der Waals surface area contributed by atoms with E-state index in [1.165, 1.54) is 13.3 Å². The van der Waals surface area contributed by atoms with E-state index < -0.39 is 5.97 Å². The number of aryl methyl sites for hydroxylation is 1. The Morgan fingerprint density at radius 3 is 2.56 bits per heavy atom. The molecule has 2 N–H and O–H groups in total. The minimum atomic E-state index is -0.481. The summed E-state index contributed by atoms with van der Waals surface area (Å²) in [5, 5.41) is 0. The lowest BCUT2D eigenvalue weighted by molar-refractivity contribution is 0.0601. The smallest absolute Gasteiger partial charge is 0.341 e. The van der Waals surface area contributed by atoms with Crippen LogP contribution in [0.5, 0.6) is 0 Å². The summed E-state index contributed by atoms with van der Waals surface area (Å²) in [5.41, 5.74) is 8.27. The number of methoxy groups -OCH3 is 1. The minimum absolute atomic E-state index is 0.123. The first-order valence-corrected chi connectivity index (χ1v) is 5.39. The summed E-state index contributed by atoms with van der Waals surface area (Å²) in [6.45, 7) is 1.99. The van der Waals surface area contributed by atoms with Crippen molar-refractivity contribution in [3.63, 3.8) is 0 Å². The zero-order valence-electron chi connectivity index (χ0n) is 10.2. The van der Waals surface area contributed by atoms with Gasteiger partial charge in [-0.05, 0) is 6.92 Å². The van der Waals surface area contributed by atoms with Gasteiger partial charge < -0.3 is 10.5 Å². The van der Waals surface area contributed by atoms with E-state index in [0.29, 0.717) is 11.3 Å². The number of hydrogen-bond donors (Lipinski definition) is 1. The normalized spacial score (nSPS) is 10.1. The van der Waals surface area contributed by atoms with Crippen molar-refractivity contribution in [1.29, 1.82) is 0 Å². The van der Waals surface area contributed by atoms with Gasteiger partial charge in [0, 0.05) is 11.8 Å². The minimum Gasteiger partial charge on any atom is -0.465 e. The number of hydrogen-bond acceptors (Lipinski definition) is 5. The van der Waals surface area contributed by atoms with E-state index in [2.05, 4.69) is 9.97 Å². The fourth-order valence-corrected chi connectivity index (χ4v) is 1.59. The molecule has 2 rings (SSSR count). The molecule has 0 saturated carbocycles. The fourth-order valence-electron chi connectivity index (χ4n) is 1.59. The second-order valence-electron chi connectivity index (χ2n) is 3.85. The lowest BCUT2D eigenvalue weighted by Gasteiger charge is -2.07. The number of nitrogen functional groups attached to an aromatic ring is 1. The zero-order chi connectivity index (χ0) is 13.1. The van der Waals surface area contributed by atoms with Crippen LogP contribution in [0.4, 0.5) is 5.95 Å². The van der Waals surface area contributed by atoms with E-state index in [9.17, 15) is 4.79 Å². The van der Waals surface area contributed by atoms with Crippen LogP contribution in [0.25, 0.3) is 11.3 Å². The van der Waals surface area contributed by atoms with E-state index in [1.807, 2.05) is 31.2 Å². The molecule has 5 heteroatoms. The monoisotopic (exact) mass is 243 g/mol. The van der Waals surface area contributed by atoms with Crippen LogP contribution in [0.1, 0.15) is 15.9 Å². The second kappa shape index (κ2) is 4.83. The van der Waals surface area contributed by atoms with Gasteiger partial charge in [-0.15, -0.1) is 0 Å². The number of nitrogens with zero attached hydrogens (tertiary/aromatic N) is 2. The molecule has 1 heterocycles. The van der Waals surface area contributed by atoms with Crippen molar-refractivity contribution in [3.8, 4) is 11.3 Å². The number of rotatable bonds is 2. The SMILES string of the molecule is COC(=O)c1cnc(N)nc1-c1ccc(C)cc1. The molecule has 0 aliphatic carbocycles. The number of carbonyl (C=O) groups excluding carboxylic acids is 1. The number of esters is 1. The highest BCUT2D eigenvalue weighted by Crippen LogP contribution is 2.22. The molecule has 0 saturated heterocycles. The van der Waals surface area contributed by atoms with Crippen LogP contribution in [-0.4, -0.2) is 23.0 Å². The van der Waals surface area contributed by atoms with Crippen molar-refractivity contribution in [2.45, 2.75) is 6.92 Å². The molecule has 0 amide bonds. The maximum absolute atomic E-state index is 11.6. The third kappa shape index (κ3) is 2.29. The van der Waals surface area contributed by atoms with Crippen LogP contribution in [0.2, 0.25) is 0 Å². The average Bonchev–Trinajstić information content (AvgIpc) is 2.38. The molecule has 0 atom stereocenters. The summed E-state index contributed by atoms with van der Waals surface area (Å²) >= 11 is 0. The first kappa shape index (κ1) is 12.0. The molecular weight excluding hydrogens is 230 g/mol. The quantitative estimate of drug-likeness (QED) is 0.814. The predicted octanol–water partition coefficient (Wildman–Crippen LogP) is 1.82. The van der Waals surface area contributed by atoms with Crippen molar-refractivity contribution in [2.24, 2.45) is 0 Å². The summed E-state index contributed by atoms with van der Waals surface area (Å²) in [6.07, 6.45) is 1.38. The number of aromatic nitrogens is 2. The number of carbonyl (C=O) groups is 1. The van der Waals surface area contributed by atoms with E-state index in [4.69, 9.17) is 10.5 Å². The maximum atomic E-state index is 11.6. The molecule has 0 radical (unpaired) electrons. The summed E-state index contributed by atoms with van der Waals surface area (Å²) in [6, 6.07) is 7.64. The largest absolute Gasteiger partial charge is 0.465 e. The van der Waals surface area contributed by atoms with Crippen LogP contribution >= 0.6 is 0 Å². The summed E-state index contributed by atoms with van der Waals surface area (Å²) in [4.78, 5) is 19.6. The van der Waals surface area contributed by atoms with Crippen molar-refractivity contribution < 1.29 is 9.53 Å². The van der Waals surface area contributed by atoms with E-state index in [0.717, 1.165) is 11.1 Å². The molecule has 0 fully saturated rings. The number of nitrogens with two attached hydrogens (primary N) is 1. The van der Waals surface area contributed by atoms with Crippen molar-refractivity contribution in [3.05, 3.63) is 41.6 Å². The molecule has 0 aliphatic rings. The molecular formula is C13H13N3O2. The summed E-state index contributed by atoms with van der Waals surface area (Å²) in [5.74, 6) is -0.358. The number of ether oxygens (including phenoxy) is 1. The molecule has 1 aromatic carbocycles. The average molecular weight is 243 g/mol. The Labute approximate surface area is 105 Å². The Kier molecular flexibility index (Phi) is 3.23. The van der Waals surface area contributed by atoms with Gasteiger partial charge in [0.25, 0.3) is 0 Å². The van der Waals surface area contributed by atoms with Crippen molar-refractivity contribution in [2.75, 3.05) is 12.8 Å². The number of benzene rings is 1. The molecule has 18 heavy (non-hydrogen) atoms. The van der Waals surface area contributed by atoms with Gasteiger partial charge >= 0.3 is 5.97 Å². The molecule has 0 spiro atoms. The first-order chi connectivity index (χ1) is 8.61. The summed E-state index contributed by atoms with van der Waals surface area (Å²) in [7, 11) is 1.32. The Bertz CT molecular complexity index is 579.